The van der Waals surface area contributed by atoms with Crippen molar-refractivity contribution >= 4 is 5.95 Å². The smallest absolute Gasteiger partial charge is 0.224 e. The summed E-state index contributed by atoms with van der Waals surface area (Å²) < 4.78 is 0. The molecule has 3 heterocycles. The van der Waals surface area contributed by atoms with Crippen LogP contribution in [0.25, 0.3) is 0 Å². The minimum atomic E-state index is 0.499. The zero-order chi connectivity index (χ0) is 15.4. The van der Waals surface area contributed by atoms with E-state index in [1.54, 1.807) is 6.33 Å². The summed E-state index contributed by atoms with van der Waals surface area (Å²) in [5, 5.41) is 0. The van der Waals surface area contributed by atoms with Gasteiger partial charge in [0.1, 0.15) is 6.33 Å². The van der Waals surface area contributed by atoms with Gasteiger partial charge in [-0.05, 0) is 25.5 Å². The number of aromatic nitrogens is 4. The van der Waals surface area contributed by atoms with Crippen molar-refractivity contribution in [3.63, 3.8) is 0 Å². The molecule has 0 aliphatic carbocycles. The van der Waals surface area contributed by atoms with E-state index in [4.69, 9.17) is 0 Å². The van der Waals surface area contributed by atoms with Crippen LogP contribution in [0, 0.1) is 0 Å². The first kappa shape index (κ1) is 14.8. The van der Waals surface area contributed by atoms with Crippen molar-refractivity contribution in [2.75, 3.05) is 32.1 Å². The van der Waals surface area contributed by atoms with Crippen LogP contribution in [0.4, 0.5) is 5.95 Å². The molecule has 0 aromatic carbocycles. The van der Waals surface area contributed by atoms with Gasteiger partial charge in [-0.2, -0.15) is 0 Å². The highest BCUT2D eigenvalue weighted by atomic mass is 15.2. The molecule has 6 nitrogen and oxygen atoms in total. The highest BCUT2D eigenvalue weighted by Crippen LogP contribution is 2.25. The Morgan fingerprint density at radius 2 is 2.05 bits per heavy atom. The van der Waals surface area contributed by atoms with E-state index in [1.165, 1.54) is 12.8 Å². The zero-order valence-electron chi connectivity index (χ0n) is 13.2. The lowest BCUT2D eigenvalue weighted by Gasteiger charge is -2.32. The molecule has 1 unspecified atom stereocenters. The molecule has 0 spiro atoms. The summed E-state index contributed by atoms with van der Waals surface area (Å²) >= 11 is 0. The number of rotatable bonds is 4. The maximum Gasteiger partial charge on any atom is 0.224 e. The summed E-state index contributed by atoms with van der Waals surface area (Å²) in [4.78, 5) is 21.6. The molecule has 6 heteroatoms. The largest absolute Gasteiger partial charge is 0.347 e. The number of nitrogens with zero attached hydrogens (tertiary/aromatic N) is 6. The zero-order valence-corrected chi connectivity index (χ0v) is 13.2. The van der Waals surface area contributed by atoms with Crippen LogP contribution in [0.2, 0.25) is 0 Å². The van der Waals surface area contributed by atoms with Crippen LogP contribution in [-0.4, -0.2) is 52.0 Å². The van der Waals surface area contributed by atoms with Crippen LogP contribution in [0.15, 0.2) is 31.0 Å². The Bertz CT molecular complexity index is 583. The van der Waals surface area contributed by atoms with Crippen LogP contribution in [-0.2, 0) is 6.54 Å². The van der Waals surface area contributed by atoms with Crippen LogP contribution in [0.1, 0.15) is 30.0 Å². The average Bonchev–Trinajstić information content (AvgIpc) is 2.56. The maximum absolute atomic E-state index is 4.41. The van der Waals surface area contributed by atoms with Crippen LogP contribution in [0.3, 0.4) is 0 Å². The molecule has 1 saturated heterocycles. The first-order valence-electron chi connectivity index (χ1n) is 7.69. The Morgan fingerprint density at radius 1 is 1.23 bits per heavy atom. The number of hydrogen-bond donors (Lipinski definition) is 0. The van der Waals surface area contributed by atoms with E-state index < -0.39 is 0 Å². The van der Waals surface area contributed by atoms with E-state index >= 15 is 0 Å². The molecule has 0 bridgehead atoms. The first-order valence-corrected chi connectivity index (χ1v) is 7.69. The number of likely N-dealkylation sites (tertiary alicyclic amines) is 1. The lowest BCUT2D eigenvalue weighted by atomic mass is 9.94. The second-order valence-corrected chi connectivity index (χ2v) is 5.99. The number of hydrogen-bond acceptors (Lipinski definition) is 6. The van der Waals surface area contributed by atoms with Gasteiger partial charge in [0.15, 0.2) is 0 Å². The normalized spacial score (nSPS) is 19.1. The topological polar surface area (TPSA) is 58.0 Å². The summed E-state index contributed by atoms with van der Waals surface area (Å²) in [6.45, 7) is 3.05. The van der Waals surface area contributed by atoms with Gasteiger partial charge in [-0.25, -0.2) is 19.9 Å². The van der Waals surface area contributed by atoms with Gasteiger partial charge in [0.25, 0.3) is 0 Å². The van der Waals surface area contributed by atoms with Gasteiger partial charge in [-0.3, -0.25) is 4.90 Å². The molecule has 116 valence electrons. The second kappa shape index (κ2) is 6.79. The Hall–Kier alpha value is -2.08. The van der Waals surface area contributed by atoms with Crippen LogP contribution in [0.5, 0.6) is 0 Å². The highest BCUT2D eigenvalue weighted by molar-refractivity contribution is 5.26. The van der Waals surface area contributed by atoms with E-state index in [-0.39, 0.29) is 0 Å². The number of piperidine rings is 1. The molecule has 0 amide bonds. The molecule has 0 saturated carbocycles. The molecule has 1 fully saturated rings. The fraction of sp³-hybridized carbons (Fsp3) is 0.500. The maximum atomic E-state index is 4.41. The molecule has 3 rings (SSSR count). The van der Waals surface area contributed by atoms with Gasteiger partial charge >= 0.3 is 0 Å². The predicted molar refractivity (Wildman–Crippen MR) is 85.6 cm³/mol. The minimum Gasteiger partial charge on any atom is -0.347 e. The van der Waals surface area contributed by atoms with E-state index in [0.29, 0.717) is 5.92 Å². The monoisotopic (exact) mass is 298 g/mol. The minimum absolute atomic E-state index is 0.499. The molecule has 1 aliphatic heterocycles. The molecular weight excluding hydrogens is 276 g/mol. The molecule has 22 heavy (non-hydrogen) atoms. The van der Waals surface area contributed by atoms with E-state index in [0.717, 1.165) is 36.8 Å². The van der Waals surface area contributed by atoms with E-state index in [1.807, 2.05) is 43.7 Å². The lowest BCUT2D eigenvalue weighted by molar-refractivity contribution is 0.198. The molecule has 1 atom stereocenters. The first-order chi connectivity index (χ1) is 10.7. The van der Waals surface area contributed by atoms with Crippen molar-refractivity contribution in [3.8, 4) is 0 Å². The van der Waals surface area contributed by atoms with Crippen molar-refractivity contribution < 1.29 is 0 Å². The Kier molecular flexibility index (Phi) is 4.58. The molecule has 2 aromatic rings. The molecule has 0 radical (unpaired) electrons. The predicted octanol–water partition coefficient (Wildman–Crippen LogP) is 1.71. The van der Waals surface area contributed by atoms with Crippen molar-refractivity contribution in [2.24, 2.45) is 0 Å². The van der Waals surface area contributed by atoms with Crippen molar-refractivity contribution in [2.45, 2.75) is 25.3 Å². The summed E-state index contributed by atoms with van der Waals surface area (Å²) in [5.74, 6) is 1.25. The van der Waals surface area contributed by atoms with Gasteiger partial charge < -0.3 is 4.90 Å². The summed E-state index contributed by atoms with van der Waals surface area (Å²) in [6.07, 6.45) is 9.72. The van der Waals surface area contributed by atoms with Gasteiger partial charge in [-0.15, -0.1) is 0 Å². The SMILES string of the molecule is CN(C)c1ncc(CN2CCCC(c3ccncn3)C2)cn1. The Balaban J connectivity index is 1.63. The molecule has 1 aliphatic rings. The van der Waals surface area contributed by atoms with Crippen molar-refractivity contribution in [1.82, 2.24) is 24.8 Å². The van der Waals surface area contributed by atoms with Gasteiger partial charge in [0.05, 0.1) is 0 Å². The standard InChI is InChI=1S/C16H22N6/c1-21(2)16-18-8-13(9-19-16)10-22-7-3-4-14(11-22)15-5-6-17-12-20-15/h5-6,8-9,12,14H,3-4,7,10-11H2,1-2H3. The summed E-state index contributed by atoms with van der Waals surface area (Å²) in [6, 6.07) is 2.03. The summed E-state index contributed by atoms with van der Waals surface area (Å²) in [7, 11) is 3.90. The van der Waals surface area contributed by atoms with Crippen LogP contribution >= 0.6 is 0 Å². The Morgan fingerprint density at radius 3 is 2.73 bits per heavy atom. The Labute approximate surface area is 131 Å². The fourth-order valence-electron chi connectivity index (χ4n) is 2.90. The van der Waals surface area contributed by atoms with Crippen molar-refractivity contribution in [3.05, 3.63) is 42.2 Å². The third-order valence-electron chi connectivity index (χ3n) is 4.03. The van der Waals surface area contributed by atoms with Gasteiger partial charge in [-0.1, -0.05) is 0 Å². The lowest BCUT2D eigenvalue weighted by Crippen LogP contribution is -2.34. The molecule has 0 N–H and O–H groups in total. The molecular formula is C16H22N6. The van der Waals surface area contributed by atoms with Crippen molar-refractivity contribution in [1.29, 1.82) is 0 Å². The summed E-state index contributed by atoms with van der Waals surface area (Å²) in [5.41, 5.74) is 2.31. The second-order valence-electron chi connectivity index (χ2n) is 5.99. The van der Waals surface area contributed by atoms with E-state index in [2.05, 4.69) is 24.8 Å². The third kappa shape index (κ3) is 3.57. The number of anilines is 1. The van der Waals surface area contributed by atoms with Crippen LogP contribution < -0.4 is 4.90 Å². The fourth-order valence-corrected chi connectivity index (χ4v) is 2.90. The van der Waals surface area contributed by atoms with E-state index in [9.17, 15) is 0 Å². The average molecular weight is 298 g/mol. The van der Waals surface area contributed by atoms with Gasteiger partial charge in [0.2, 0.25) is 5.95 Å². The van der Waals surface area contributed by atoms with Gasteiger partial charge in [0, 0.05) is 63.0 Å². The highest BCUT2D eigenvalue weighted by Gasteiger charge is 2.22. The quantitative estimate of drug-likeness (QED) is 0.856. The molecule has 2 aromatic heterocycles. The third-order valence-corrected chi connectivity index (χ3v) is 4.03.